The average Bonchev–Trinajstić information content (AvgIpc) is 2.73. The van der Waals surface area contributed by atoms with Gasteiger partial charge < -0.3 is 15.1 Å². The molecular formula is C20H21N5O2. The van der Waals surface area contributed by atoms with Gasteiger partial charge in [-0.15, -0.1) is 0 Å². The summed E-state index contributed by atoms with van der Waals surface area (Å²) in [5.74, 6) is -0.484. The molecule has 0 radical (unpaired) electrons. The lowest BCUT2D eigenvalue weighted by Gasteiger charge is -2.34. The van der Waals surface area contributed by atoms with Crippen LogP contribution < -0.4 is 5.32 Å². The Bertz CT molecular complexity index is 882. The third kappa shape index (κ3) is 4.49. The zero-order chi connectivity index (χ0) is 19.2. The monoisotopic (exact) mass is 363 g/mol. The molecule has 1 aliphatic heterocycles. The number of aromatic nitrogens is 1. The van der Waals surface area contributed by atoms with Gasteiger partial charge in [-0.3, -0.25) is 14.6 Å². The minimum absolute atomic E-state index is 0.112. The van der Waals surface area contributed by atoms with Crippen molar-refractivity contribution in [2.75, 3.05) is 38.0 Å². The Morgan fingerprint density at radius 2 is 1.89 bits per heavy atom. The van der Waals surface area contributed by atoms with Gasteiger partial charge in [-0.25, -0.2) is 0 Å². The molecular weight excluding hydrogens is 342 g/mol. The predicted octanol–water partition coefficient (Wildman–Crippen LogP) is 1.98. The van der Waals surface area contributed by atoms with Crippen molar-refractivity contribution in [2.24, 2.45) is 0 Å². The van der Waals surface area contributed by atoms with Crippen molar-refractivity contribution in [3.8, 4) is 6.07 Å². The molecule has 0 aliphatic carbocycles. The Balaban J connectivity index is 1.70. The normalized spacial score (nSPS) is 14.4. The number of hydrogen-bond acceptors (Lipinski definition) is 5. The second-order valence-electron chi connectivity index (χ2n) is 6.34. The summed E-state index contributed by atoms with van der Waals surface area (Å²) in [7, 11) is 0. The lowest BCUT2D eigenvalue weighted by atomic mass is 10.1. The second kappa shape index (κ2) is 8.43. The second-order valence-corrected chi connectivity index (χ2v) is 6.34. The first-order valence-corrected chi connectivity index (χ1v) is 8.89. The van der Waals surface area contributed by atoms with Crippen LogP contribution in [0.5, 0.6) is 0 Å². The van der Waals surface area contributed by atoms with Crippen LogP contribution in [0.3, 0.4) is 0 Å². The number of carbonyl (C=O) groups excluding carboxylic acids is 2. The summed E-state index contributed by atoms with van der Waals surface area (Å²) in [4.78, 5) is 33.3. The van der Waals surface area contributed by atoms with Gasteiger partial charge in [0.25, 0.3) is 11.8 Å². The van der Waals surface area contributed by atoms with E-state index < -0.39 is 0 Å². The number of likely N-dealkylation sites (N-methyl/N-ethyl adjacent to an activating group) is 1. The van der Waals surface area contributed by atoms with Crippen LogP contribution in [0.4, 0.5) is 5.69 Å². The molecule has 7 nitrogen and oxygen atoms in total. The van der Waals surface area contributed by atoms with Crippen LogP contribution in [0, 0.1) is 11.3 Å². The highest BCUT2D eigenvalue weighted by Gasteiger charge is 2.22. The molecule has 2 amide bonds. The molecule has 0 saturated carbocycles. The van der Waals surface area contributed by atoms with Crippen molar-refractivity contribution in [1.29, 1.82) is 5.26 Å². The number of carbonyl (C=O) groups is 2. The number of nitrogens with zero attached hydrogens (tertiary/aromatic N) is 4. The number of nitriles is 1. The van der Waals surface area contributed by atoms with E-state index in [0.29, 0.717) is 35.5 Å². The number of pyridine rings is 1. The average molecular weight is 363 g/mol. The molecule has 0 unspecified atom stereocenters. The predicted molar refractivity (Wildman–Crippen MR) is 101 cm³/mol. The maximum Gasteiger partial charge on any atom is 0.257 e. The van der Waals surface area contributed by atoms with Gasteiger partial charge in [0.05, 0.1) is 22.8 Å². The molecule has 2 heterocycles. The van der Waals surface area contributed by atoms with E-state index in [4.69, 9.17) is 5.26 Å². The third-order valence-corrected chi connectivity index (χ3v) is 4.60. The topological polar surface area (TPSA) is 89.3 Å². The summed E-state index contributed by atoms with van der Waals surface area (Å²) < 4.78 is 0. The van der Waals surface area contributed by atoms with Gasteiger partial charge in [0.2, 0.25) is 0 Å². The fourth-order valence-corrected chi connectivity index (χ4v) is 3.00. The number of benzene rings is 1. The fourth-order valence-electron chi connectivity index (χ4n) is 3.00. The van der Waals surface area contributed by atoms with Crippen LogP contribution in [0.2, 0.25) is 0 Å². The molecule has 1 aromatic carbocycles. The van der Waals surface area contributed by atoms with E-state index in [1.165, 1.54) is 12.4 Å². The van der Waals surface area contributed by atoms with E-state index >= 15 is 0 Å². The van der Waals surface area contributed by atoms with E-state index in [1.54, 1.807) is 35.2 Å². The van der Waals surface area contributed by atoms with Crippen LogP contribution in [0.1, 0.15) is 33.2 Å². The van der Waals surface area contributed by atoms with Gasteiger partial charge in [0.15, 0.2) is 0 Å². The molecule has 1 saturated heterocycles. The SMILES string of the molecule is CCN1CCN(C(=O)c2cncc(C(=O)Nc3cccc(C#N)c3)c2)CC1. The third-order valence-electron chi connectivity index (χ3n) is 4.60. The number of nitrogens with one attached hydrogen (secondary N) is 1. The zero-order valence-corrected chi connectivity index (χ0v) is 15.2. The summed E-state index contributed by atoms with van der Waals surface area (Å²) in [6.45, 7) is 6.13. The lowest BCUT2D eigenvalue weighted by molar-refractivity contribution is 0.0643. The maximum atomic E-state index is 12.7. The Hall–Kier alpha value is -3.24. The molecule has 27 heavy (non-hydrogen) atoms. The molecule has 0 spiro atoms. The van der Waals surface area contributed by atoms with E-state index in [-0.39, 0.29) is 11.8 Å². The van der Waals surface area contributed by atoms with E-state index in [1.807, 2.05) is 6.07 Å². The van der Waals surface area contributed by atoms with Crippen molar-refractivity contribution in [3.63, 3.8) is 0 Å². The minimum atomic E-state index is -0.372. The van der Waals surface area contributed by atoms with Gasteiger partial charge in [-0.2, -0.15) is 5.26 Å². The highest BCUT2D eigenvalue weighted by atomic mass is 16.2. The van der Waals surface area contributed by atoms with E-state index in [9.17, 15) is 9.59 Å². The summed E-state index contributed by atoms with van der Waals surface area (Å²) >= 11 is 0. The van der Waals surface area contributed by atoms with Crippen LogP contribution >= 0.6 is 0 Å². The Morgan fingerprint density at radius 3 is 2.59 bits per heavy atom. The van der Waals surface area contributed by atoms with Crippen molar-refractivity contribution in [2.45, 2.75) is 6.92 Å². The largest absolute Gasteiger partial charge is 0.336 e. The summed E-state index contributed by atoms with van der Waals surface area (Å²) in [6, 6.07) is 10.2. The van der Waals surface area contributed by atoms with Gasteiger partial charge in [-0.05, 0) is 30.8 Å². The quantitative estimate of drug-likeness (QED) is 0.897. The van der Waals surface area contributed by atoms with E-state index in [0.717, 1.165) is 19.6 Å². The highest BCUT2D eigenvalue weighted by Crippen LogP contribution is 2.14. The van der Waals surface area contributed by atoms with Crippen molar-refractivity contribution >= 4 is 17.5 Å². The Labute approximate surface area is 158 Å². The highest BCUT2D eigenvalue weighted by molar-refractivity contribution is 6.05. The Kier molecular flexibility index (Phi) is 5.79. The number of amides is 2. The van der Waals surface area contributed by atoms with Gasteiger partial charge in [0, 0.05) is 44.3 Å². The molecule has 1 fully saturated rings. The Morgan fingerprint density at radius 1 is 1.15 bits per heavy atom. The molecule has 7 heteroatoms. The van der Waals surface area contributed by atoms with Crippen LogP contribution in [-0.2, 0) is 0 Å². The molecule has 0 bridgehead atoms. The summed E-state index contributed by atoms with van der Waals surface area (Å²) in [5.41, 5.74) is 1.68. The van der Waals surface area contributed by atoms with E-state index in [2.05, 4.69) is 22.1 Å². The molecule has 1 N–H and O–H groups in total. The van der Waals surface area contributed by atoms with Crippen LogP contribution in [0.15, 0.2) is 42.7 Å². The smallest absolute Gasteiger partial charge is 0.257 e. The minimum Gasteiger partial charge on any atom is -0.336 e. The lowest BCUT2D eigenvalue weighted by Crippen LogP contribution is -2.48. The first-order valence-electron chi connectivity index (χ1n) is 8.89. The molecule has 1 aliphatic rings. The van der Waals surface area contributed by atoms with Crippen molar-refractivity contribution in [3.05, 3.63) is 59.4 Å². The van der Waals surface area contributed by atoms with Crippen molar-refractivity contribution < 1.29 is 9.59 Å². The number of hydrogen-bond donors (Lipinski definition) is 1. The molecule has 138 valence electrons. The molecule has 0 atom stereocenters. The van der Waals surface area contributed by atoms with Crippen LogP contribution in [-0.4, -0.2) is 59.3 Å². The number of piperazine rings is 1. The standard InChI is InChI=1S/C20H21N5O2/c1-2-24-6-8-25(9-7-24)20(27)17-11-16(13-22-14-17)19(26)23-18-5-3-4-15(10-18)12-21/h3-5,10-11,13-14H,2,6-9H2,1H3,(H,23,26). The first-order chi connectivity index (χ1) is 13.1. The number of anilines is 1. The molecule has 3 rings (SSSR count). The molecule has 2 aromatic rings. The molecule has 1 aromatic heterocycles. The zero-order valence-electron chi connectivity index (χ0n) is 15.2. The van der Waals surface area contributed by atoms with Gasteiger partial charge in [0.1, 0.15) is 0 Å². The summed E-state index contributed by atoms with van der Waals surface area (Å²) in [5, 5.41) is 11.7. The fraction of sp³-hybridized carbons (Fsp3) is 0.300. The van der Waals surface area contributed by atoms with Crippen LogP contribution in [0.25, 0.3) is 0 Å². The van der Waals surface area contributed by atoms with Crippen molar-refractivity contribution in [1.82, 2.24) is 14.8 Å². The van der Waals surface area contributed by atoms with Gasteiger partial charge in [-0.1, -0.05) is 13.0 Å². The van der Waals surface area contributed by atoms with Gasteiger partial charge >= 0.3 is 0 Å². The first kappa shape index (κ1) is 18.5. The summed E-state index contributed by atoms with van der Waals surface area (Å²) in [6.07, 6.45) is 2.91. The maximum absolute atomic E-state index is 12.7. The number of rotatable bonds is 4.